The maximum absolute atomic E-state index is 12.9. The normalized spacial score (nSPS) is 31.6. The number of H-pyrrole nitrogens is 2. The molecule has 2 saturated carbocycles. The Kier molecular flexibility index (Phi) is 20.2. The summed E-state index contributed by atoms with van der Waals surface area (Å²) in [7, 11) is -0.454. The fourth-order valence-electron chi connectivity index (χ4n) is 7.28. The molecule has 2 aromatic heterocycles. The number of aromatic amines is 2. The molecule has 4 fully saturated rings. The topological polar surface area (TPSA) is 241 Å². The summed E-state index contributed by atoms with van der Waals surface area (Å²) in [6.45, 7) is 6.19. The van der Waals surface area contributed by atoms with E-state index >= 15 is 0 Å². The first-order chi connectivity index (χ1) is 25.7. The van der Waals surface area contributed by atoms with Crippen molar-refractivity contribution in [2.75, 3.05) is 40.6 Å². The zero-order chi connectivity index (χ0) is 39.5. The maximum Gasteiger partial charge on any atom is 2.00 e. The summed E-state index contributed by atoms with van der Waals surface area (Å²) in [6.07, 6.45) is -2.71. The van der Waals surface area contributed by atoms with Gasteiger partial charge in [0.2, 0.25) is 0 Å². The Balaban J connectivity index is 0.000000374. The molecule has 6 unspecified atom stereocenters. The van der Waals surface area contributed by atoms with Crippen molar-refractivity contribution in [2.45, 2.75) is 101 Å². The second-order valence-electron chi connectivity index (χ2n) is 13.1. The summed E-state index contributed by atoms with van der Waals surface area (Å²) in [4.78, 5) is 51.1. The van der Waals surface area contributed by atoms with Crippen molar-refractivity contribution in [1.82, 2.24) is 19.1 Å². The summed E-state index contributed by atoms with van der Waals surface area (Å²) >= 11 is 5.66. The van der Waals surface area contributed by atoms with Crippen LogP contribution in [-0.4, -0.2) is 118 Å². The number of rotatable bonds is 16. The van der Waals surface area contributed by atoms with Gasteiger partial charge in [0.05, 0.1) is 44.3 Å². The number of nitrogens with zero attached hydrogens (tertiary/aromatic N) is 2. The van der Waals surface area contributed by atoms with Crippen LogP contribution in [0.25, 0.3) is 0 Å². The van der Waals surface area contributed by atoms with Gasteiger partial charge in [0.25, 0.3) is 11.1 Å². The van der Waals surface area contributed by atoms with Crippen LogP contribution in [0.15, 0.2) is 43.7 Å². The van der Waals surface area contributed by atoms with Crippen molar-refractivity contribution in [1.29, 1.82) is 0 Å². The van der Waals surface area contributed by atoms with Crippen LogP contribution in [0.3, 0.4) is 0 Å². The van der Waals surface area contributed by atoms with Gasteiger partial charge in [-0.15, -0.1) is 0 Å². The first kappa shape index (κ1) is 52.0. The summed E-state index contributed by atoms with van der Waals surface area (Å²) in [6, 6.07) is 2.41. The number of hydrogen-bond donors (Lipinski definition) is 4. The molecule has 2 aliphatic carbocycles. The van der Waals surface area contributed by atoms with Gasteiger partial charge in [0.1, 0.15) is 24.4 Å². The van der Waals surface area contributed by atoms with E-state index < -0.39 is 85.7 Å². The van der Waals surface area contributed by atoms with Gasteiger partial charge >= 0.3 is 50.1 Å². The molecule has 4 heterocycles. The molecule has 2 aliphatic heterocycles. The van der Waals surface area contributed by atoms with Crippen LogP contribution in [0.4, 0.5) is 0 Å². The van der Waals surface area contributed by atoms with E-state index in [4.69, 9.17) is 48.8 Å². The van der Waals surface area contributed by atoms with Crippen LogP contribution in [0.2, 0.25) is 0 Å². The number of aliphatic hydroxyl groups excluding tert-OH is 2. The molecule has 2 aromatic rings. The average Bonchev–Trinajstić information content (AvgIpc) is 4.04. The first-order valence-electron chi connectivity index (χ1n) is 17.8. The van der Waals surface area contributed by atoms with Crippen molar-refractivity contribution in [2.24, 2.45) is 11.8 Å². The van der Waals surface area contributed by atoms with Crippen LogP contribution in [0, 0.1) is 57.8 Å². The average molecular weight is 1090 g/mol. The summed E-state index contributed by atoms with van der Waals surface area (Å²) in [5.41, 5.74) is -2.70. The van der Waals surface area contributed by atoms with Crippen LogP contribution in [0.5, 0.6) is 0 Å². The minimum atomic E-state index is -3.30. The fraction of sp³-hybridized carbons (Fsp3) is 0.706. The monoisotopic (exact) mass is 1090 g/mol. The van der Waals surface area contributed by atoms with E-state index in [2.05, 4.69) is 9.97 Å². The van der Waals surface area contributed by atoms with E-state index in [1.165, 1.54) is 47.9 Å². The summed E-state index contributed by atoms with van der Waals surface area (Å²) < 4.78 is 60.3. The number of methoxy groups -OCH3 is 2. The van der Waals surface area contributed by atoms with Crippen LogP contribution < -0.4 is 22.5 Å². The molecule has 0 amide bonds. The van der Waals surface area contributed by atoms with E-state index in [-0.39, 0.29) is 82.3 Å². The maximum atomic E-state index is 12.9. The van der Waals surface area contributed by atoms with Crippen molar-refractivity contribution in [3.8, 4) is 0 Å². The standard InChI is InChI=1S/C16H25N2O8P.C16H25N2O7PS.2CH3.U/c1-4-24-27(22,25-5-2)10-8-9(10)13-12(20)14(23-3)15(26-13)18-7-6-11(19)17-16(18)21;1-4-23-26(27,24-5-2)10-8-9(10)13-12(20)14(22-3)15(25-13)18-7-6-11(19)17-16(18)21;;;/h2*6-7,9-10,12-15,20H,4-5,8H2,1-3H3,(H,17,19,21);2*1H3;/q;;2*-1;+2/t2*9?,10?,12?,13-,14+,15-;;;/m11.../s1. The molecule has 19 nitrogen and oxygen atoms in total. The predicted octanol–water partition coefficient (Wildman–Crippen LogP) is 1.95. The van der Waals surface area contributed by atoms with Gasteiger partial charge in [-0.2, -0.15) is 0 Å². The summed E-state index contributed by atoms with van der Waals surface area (Å²) in [5.74, 6) is -0.282. The van der Waals surface area contributed by atoms with Crippen LogP contribution in [0.1, 0.15) is 53.0 Å². The van der Waals surface area contributed by atoms with Gasteiger partial charge in [-0.1, -0.05) is 0 Å². The van der Waals surface area contributed by atoms with Gasteiger partial charge in [-0.25, -0.2) is 9.59 Å². The molecule has 2 saturated heterocycles. The van der Waals surface area contributed by atoms with E-state index in [9.17, 15) is 34.0 Å². The van der Waals surface area contributed by atoms with Gasteiger partial charge < -0.3 is 62.1 Å². The number of nitrogens with one attached hydrogen (secondary N) is 2. The Morgan fingerprint density at radius 2 is 1.09 bits per heavy atom. The SMILES string of the molecule is CCOP(=O)(OCC)C1CC1[C@H]1O[C@@H](n2ccc(=O)[nH]c2=O)[C@@H](OC)C1O.CCOP(=S)(OCC)C1CC1[C@H]1O[C@@H](n2ccc(=O)[nH]c2=O)[C@@H](OC)C1O.[CH3-].[CH3-].[U+2]. The minimum Gasteiger partial charge on any atom is -0.387 e. The third kappa shape index (κ3) is 11.2. The van der Waals surface area contributed by atoms with Gasteiger partial charge in [-0.3, -0.25) is 33.3 Å². The molecule has 6 rings (SSSR count). The third-order valence-electron chi connectivity index (χ3n) is 9.80. The Bertz CT molecular complexity index is 1780. The molecule has 0 bridgehead atoms. The van der Waals surface area contributed by atoms with Gasteiger partial charge in [0, 0.05) is 56.2 Å². The van der Waals surface area contributed by atoms with Crippen molar-refractivity contribution < 1.29 is 82.9 Å². The Labute approximate surface area is 360 Å². The zero-order valence-corrected chi connectivity index (χ0v) is 40.1. The number of aliphatic hydroxyl groups is 2. The van der Waals surface area contributed by atoms with E-state index in [1.807, 2.05) is 13.8 Å². The Morgan fingerprint density at radius 3 is 1.44 bits per heavy atom. The third-order valence-corrected chi connectivity index (χ3v) is 16.5. The molecular formula is C34H56N4O15P2SU. The van der Waals surface area contributed by atoms with Gasteiger partial charge in [0.15, 0.2) is 18.9 Å². The molecule has 12 atom stereocenters. The molecule has 0 spiro atoms. The van der Waals surface area contributed by atoms with Crippen molar-refractivity contribution in [3.63, 3.8) is 0 Å². The number of aromatic nitrogens is 4. The van der Waals surface area contributed by atoms with Gasteiger partial charge in [-0.05, 0) is 52.3 Å². The second-order valence-corrected chi connectivity index (χ2v) is 19.1. The fourth-order valence-corrected chi connectivity index (χ4v) is 13.3. The molecule has 4 N–H and O–H groups in total. The summed E-state index contributed by atoms with van der Waals surface area (Å²) in [5, 5.41) is 21.4. The molecule has 4 aliphatic rings. The molecule has 57 heavy (non-hydrogen) atoms. The predicted molar refractivity (Wildman–Crippen MR) is 209 cm³/mol. The van der Waals surface area contributed by atoms with Crippen molar-refractivity contribution in [3.05, 3.63) is 81.1 Å². The number of ether oxygens (including phenoxy) is 4. The molecule has 0 radical (unpaired) electrons. The molecule has 322 valence electrons. The largest absolute Gasteiger partial charge is 2.00 e. The molecule has 0 aromatic carbocycles. The van der Waals surface area contributed by atoms with Crippen LogP contribution in [-0.2, 0) is 53.4 Å². The Hall–Kier alpha value is -1.11. The number of hydrogen-bond acceptors (Lipinski definition) is 16. The van der Waals surface area contributed by atoms with Crippen molar-refractivity contribution >= 4 is 25.9 Å². The van der Waals surface area contributed by atoms with E-state index in [1.54, 1.807) is 13.8 Å². The van der Waals surface area contributed by atoms with E-state index in [0.717, 1.165) is 6.42 Å². The smallest absolute Gasteiger partial charge is 0.387 e. The zero-order valence-electron chi connectivity index (χ0n) is 33.4. The first-order valence-corrected chi connectivity index (χ1v) is 22.2. The Morgan fingerprint density at radius 1 is 0.719 bits per heavy atom. The quantitative estimate of drug-likeness (QED) is 0.139. The van der Waals surface area contributed by atoms with Crippen LogP contribution >= 0.6 is 14.1 Å². The molecular weight excluding hydrogens is 1040 g/mol. The minimum absolute atomic E-state index is 0. The molecule has 23 heteroatoms. The van der Waals surface area contributed by atoms with E-state index in [0.29, 0.717) is 19.6 Å². The second kappa shape index (κ2) is 22.1.